The first-order valence-electron chi connectivity index (χ1n) is 3.87. The molecule has 0 unspecified atom stereocenters. The van der Waals surface area contributed by atoms with Gasteiger partial charge in [0.25, 0.3) is 0 Å². The Morgan fingerprint density at radius 2 is 1.82 bits per heavy atom. The monoisotopic (exact) mass is 174 g/mol. The largest absolute Gasteiger partial charge is 0.229 e. The van der Waals surface area contributed by atoms with Crippen LogP contribution in [-0.2, 0) is 9.84 Å². The maximum atomic E-state index is 11.0. The molecule has 0 amide bonds. The Balaban J connectivity index is 2.56. The highest BCUT2D eigenvalue weighted by Crippen LogP contribution is 2.23. The van der Waals surface area contributed by atoms with Crippen molar-refractivity contribution in [2.75, 3.05) is 11.5 Å². The van der Waals surface area contributed by atoms with Crippen molar-refractivity contribution >= 4 is 9.84 Å². The first-order chi connectivity index (χ1) is 5.01. The van der Waals surface area contributed by atoms with Crippen molar-refractivity contribution in [3.8, 4) is 0 Å². The van der Waals surface area contributed by atoms with Crippen molar-refractivity contribution in [2.24, 2.45) is 5.92 Å². The van der Waals surface area contributed by atoms with E-state index in [1.165, 1.54) is 0 Å². The first-order valence-corrected chi connectivity index (χ1v) is 5.69. The number of sulfone groups is 1. The van der Waals surface area contributed by atoms with Crippen LogP contribution in [0.25, 0.3) is 0 Å². The van der Waals surface area contributed by atoms with Gasteiger partial charge in [-0.1, -0.05) is 12.2 Å². The van der Waals surface area contributed by atoms with Crippen molar-refractivity contribution in [3.05, 3.63) is 12.2 Å². The van der Waals surface area contributed by atoms with Gasteiger partial charge in [-0.05, 0) is 25.7 Å². The van der Waals surface area contributed by atoms with E-state index < -0.39 is 9.84 Å². The maximum Gasteiger partial charge on any atom is 0.150 e. The summed E-state index contributed by atoms with van der Waals surface area (Å²) < 4.78 is 22.0. The van der Waals surface area contributed by atoms with Crippen LogP contribution >= 0.6 is 0 Å². The summed E-state index contributed by atoms with van der Waals surface area (Å²) in [6.07, 6.45) is 1.55. The molecule has 0 bridgehead atoms. The summed E-state index contributed by atoms with van der Waals surface area (Å²) in [5, 5.41) is 0. The molecule has 0 radical (unpaired) electrons. The quantitative estimate of drug-likeness (QED) is 0.563. The SMILES string of the molecule is C=C(C)C1CCS(=O)(=O)CC1. The Hall–Kier alpha value is -0.310. The molecular formula is C8H14O2S. The number of rotatable bonds is 1. The van der Waals surface area contributed by atoms with E-state index in [4.69, 9.17) is 0 Å². The summed E-state index contributed by atoms with van der Waals surface area (Å²) in [6, 6.07) is 0. The number of hydrogen-bond donors (Lipinski definition) is 0. The average Bonchev–Trinajstić information content (AvgIpc) is 1.86. The highest BCUT2D eigenvalue weighted by atomic mass is 32.2. The van der Waals surface area contributed by atoms with Gasteiger partial charge in [0.1, 0.15) is 9.84 Å². The minimum atomic E-state index is -2.69. The molecule has 1 saturated heterocycles. The Morgan fingerprint density at radius 3 is 2.18 bits per heavy atom. The van der Waals surface area contributed by atoms with Crippen LogP contribution in [0.2, 0.25) is 0 Å². The molecule has 0 atom stereocenters. The van der Waals surface area contributed by atoms with Crippen LogP contribution in [0.1, 0.15) is 19.8 Å². The standard InChI is InChI=1S/C8H14O2S/c1-7(2)8-3-5-11(9,10)6-4-8/h8H,1,3-6H2,2H3. The molecule has 11 heavy (non-hydrogen) atoms. The van der Waals surface area contributed by atoms with E-state index in [1.807, 2.05) is 6.92 Å². The molecule has 1 fully saturated rings. The third-order valence-electron chi connectivity index (χ3n) is 2.25. The molecule has 0 spiro atoms. The van der Waals surface area contributed by atoms with Gasteiger partial charge in [-0.2, -0.15) is 0 Å². The average molecular weight is 174 g/mol. The molecule has 3 heteroatoms. The van der Waals surface area contributed by atoms with Crippen LogP contribution in [0.4, 0.5) is 0 Å². The van der Waals surface area contributed by atoms with Gasteiger partial charge >= 0.3 is 0 Å². The summed E-state index contributed by atoms with van der Waals surface area (Å²) in [5.41, 5.74) is 1.12. The molecule has 0 aromatic carbocycles. The summed E-state index contributed by atoms with van der Waals surface area (Å²) in [7, 11) is -2.69. The number of hydrogen-bond acceptors (Lipinski definition) is 2. The van der Waals surface area contributed by atoms with E-state index in [-0.39, 0.29) is 0 Å². The summed E-state index contributed by atoms with van der Waals surface area (Å²) in [4.78, 5) is 0. The van der Waals surface area contributed by atoms with E-state index in [1.54, 1.807) is 0 Å². The van der Waals surface area contributed by atoms with E-state index in [0.717, 1.165) is 18.4 Å². The lowest BCUT2D eigenvalue weighted by Gasteiger charge is -2.21. The Kier molecular flexibility index (Phi) is 2.37. The van der Waals surface area contributed by atoms with Crippen molar-refractivity contribution in [2.45, 2.75) is 19.8 Å². The van der Waals surface area contributed by atoms with E-state index in [0.29, 0.717) is 17.4 Å². The summed E-state index contributed by atoms with van der Waals surface area (Å²) in [6.45, 7) is 5.81. The Labute approximate surface area is 68.2 Å². The molecule has 2 nitrogen and oxygen atoms in total. The van der Waals surface area contributed by atoms with E-state index in [2.05, 4.69) is 6.58 Å². The summed E-state index contributed by atoms with van der Waals surface area (Å²) in [5.74, 6) is 1.15. The van der Waals surface area contributed by atoms with Crippen molar-refractivity contribution in [3.63, 3.8) is 0 Å². The molecule has 0 saturated carbocycles. The first kappa shape index (κ1) is 8.78. The smallest absolute Gasteiger partial charge is 0.150 e. The Morgan fingerprint density at radius 1 is 1.36 bits per heavy atom. The number of allylic oxidation sites excluding steroid dienone is 1. The van der Waals surface area contributed by atoms with Crippen molar-refractivity contribution < 1.29 is 8.42 Å². The molecule has 1 aliphatic heterocycles. The van der Waals surface area contributed by atoms with Gasteiger partial charge in [0.05, 0.1) is 11.5 Å². The fraction of sp³-hybridized carbons (Fsp3) is 0.750. The second-order valence-corrected chi connectivity index (χ2v) is 5.58. The van der Waals surface area contributed by atoms with Crippen LogP contribution < -0.4 is 0 Å². The minimum absolute atomic E-state index is 0.352. The van der Waals surface area contributed by atoms with E-state index >= 15 is 0 Å². The fourth-order valence-electron chi connectivity index (χ4n) is 1.38. The van der Waals surface area contributed by atoms with Crippen molar-refractivity contribution in [1.29, 1.82) is 0 Å². The second kappa shape index (κ2) is 2.97. The van der Waals surface area contributed by atoms with Gasteiger partial charge in [-0.3, -0.25) is 0 Å². The molecule has 1 aliphatic rings. The molecule has 0 N–H and O–H groups in total. The van der Waals surface area contributed by atoms with Crippen LogP contribution in [0.15, 0.2) is 12.2 Å². The third-order valence-corrected chi connectivity index (χ3v) is 3.97. The lowest BCUT2D eigenvalue weighted by atomic mass is 9.96. The molecule has 0 aliphatic carbocycles. The molecule has 1 heterocycles. The van der Waals surface area contributed by atoms with Crippen LogP contribution in [-0.4, -0.2) is 19.9 Å². The highest BCUT2D eigenvalue weighted by Gasteiger charge is 2.23. The molecule has 64 valence electrons. The van der Waals surface area contributed by atoms with Gasteiger partial charge in [0.15, 0.2) is 0 Å². The topological polar surface area (TPSA) is 34.1 Å². The minimum Gasteiger partial charge on any atom is -0.229 e. The van der Waals surface area contributed by atoms with Crippen molar-refractivity contribution in [1.82, 2.24) is 0 Å². The molecule has 0 aromatic heterocycles. The predicted molar refractivity (Wildman–Crippen MR) is 46.2 cm³/mol. The van der Waals surface area contributed by atoms with Crippen LogP contribution in [0.3, 0.4) is 0 Å². The van der Waals surface area contributed by atoms with Gasteiger partial charge in [0, 0.05) is 0 Å². The van der Waals surface area contributed by atoms with Gasteiger partial charge in [-0.15, -0.1) is 0 Å². The Bertz CT molecular complexity index is 237. The van der Waals surface area contributed by atoms with Gasteiger partial charge < -0.3 is 0 Å². The third kappa shape index (κ3) is 2.33. The highest BCUT2D eigenvalue weighted by molar-refractivity contribution is 7.91. The zero-order valence-electron chi connectivity index (χ0n) is 6.84. The maximum absolute atomic E-state index is 11.0. The zero-order chi connectivity index (χ0) is 8.48. The van der Waals surface area contributed by atoms with E-state index in [9.17, 15) is 8.42 Å². The van der Waals surface area contributed by atoms with Gasteiger partial charge in [0.2, 0.25) is 0 Å². The predicted octanol–water partition coefficient (Wildman–Crippen LogP) is 1.39. The summed E-state index contributed by atoms with van der Waals surface area (Å²) >= 11 is 0. The normalized spacial score (nSPS) is 24.8. The van der Waals surface area contributed by atoms with Crippen LogP contribution in [0.5, 0.6) is 0 Å². The van der Waals surface area contributed by atoms with Crippen LogP contribution in [0, 0.1) is 5.92 Å². The zero-order valence-corrected chi connectivity index (χ0v) is 7.65. The molecule has 0 aromatic rings. The van der Waals surface area contributed by atoms with Gasteiger partial charge in [-0.25, -0.2) is 8.42 Å². The molecular weight excluding hydrogens is 160 g/mol. The second-order valence-electron chi connectivity index (χ2n) is 3.27. The molecule has 1 rings (SSSR count). The lowest BCUT2D eigenvalue weighted by molar-refractivity contribution is 0.519. The fourth-order valence-corrected chi connectivity index (χ4v) is 2.87. The lowest BCUT2D eigenvalue weighted by Crippen LogP contribution is -2.23.